The predicted octanol–water partition coefficient (Wildman–Crippen LogP) is -3.26. The summed E-state index contributed by atoms with van der Waals surface area (Å²) in [6.07, 6.45) is -6.50. The van der Waals surface area contributed by atoms with Crippen LogP contribution in [0.5, 0.6) is 0 Å². The molecule has 0 spiro atoms. The van der Waals surface area contributed by atoms with Crippen molar-refractivity contribution in [1.29, 1.82) is 0 Å². The quantitative estimate of drug-likeness (QED) is 0.317. The molecule has 1 fully saturated rings. The molecule has 1 heterocycles. The number of rotatable bonds is 3. The Morgan fingerprint density at radius 3 is 2.33 bits per heavy atom. The molecule has 88 valence electrons. The number of ether oxygens (including phenoxy) is 1. The van der Waals surface area contributed by atoms with Gasteiger partial charge in [0.05, 0.1) is 13.0 Å². The molecule has 0 bridgehead atoms. The molecule has 7 nitrogen and oxygen atoms in total. The van der Waals surface area contributed by atoms with Crippen LogP contribution >= 0.6 is 0 Å². The third-order valence-corrected chi connectivity index (χ3v) is 2.43. The second-order valence-corrected chi connectivity index (χ2v) is 3.48. The first-order chi connectivity index (χ1) is 6.96. The Kier molecular flexibility index (Phi) is 3.77. The maximum absolute atomic E-state index is 10.2. The van der Waals surface area contributed by atoms with Gasteiger partial charge < -0.3 is 35.1 Å². The van der Waals surface area contributed by atoms with E-state index in [9.17, 15) is 25.2 Å². The number of aliphatic hydroxyl groups excluding tert-OH is 4. The Labute approximate surface area is 85.5 Å². The molecule has 1 aliphatic rings. The smallest absolute Gasteiger partial charge is 0.201 e. The molecule has 0 aromatic carbocycles. The summed E-state index contributed by atoms with van der Waals surface area (Å²) >= 11 is 0. The van der Waals surface area contributed by atoms with Gasteiger partial charge in [-0.3, -0.25) is 0 Å². The Hall–Kier alpha value is -0.570. The average Bonchev–Trinajstić information content (AvgIpc) is 2.21. The molecule has 0 amide bonds. The van der Waals surface area contributed by atoms with Crippen molar-refractivity contribution in [2.75, 3.05) is 6.61 Å². The van der Waals surface area contributed by atoms with E-state index in [1.165, 1.54) is 0 Å². The van der Waals surface area contributed by atoms with Crippen molar-refractivity contribution in [2.45, 2.75) is 36.6 Å². The molecule has 0 aromatic rings. The lowest BCUT2D eigenvalue weighted by atomic mass is 9.91. The zero-order chi connectivity index (χ0) is 11.6. The molecule has 1 aliphatic heterocycles. The molecule has 1 unspecified atom stereocenters. The van der Waals surface area contributed by atoms with Crippen molar-refractivity contribution in [1.82, 2.24) is 0 Å². The van der Waals surface area contributed by atoms with E-state index >= 15 is 0 Å². The van der Waals surface area contributed by atoms with Crippen molar-refractivity contribution >= 4 is 6.29 Å². The lowest BCUT2D eigenvalue weighted by Crippen LogP contribution is -2.65. The SMILES string of the molecule is O=CCC1(O)O[C@H](CO)[C@@H](O)[C@H](O)[C@@H]1O. The highest BCUT2D eigenvalue weighted by Gasteiger charge is 2.52. The Balaban J connectivity index is 2.86. The zero-order valence-corrected chi connectivity index (χ0v) is 7.85. The summed E-state index contributed by atoms with van der Waals surface area (Å²) in [5.74, 6) is -2.27. The molecule has 15 heavy (non-hydrogen) atoms. The topological polar surface area (TPSA) is 127 Å². The first kappa shape index (κ1) is 12.5. The Morgan fingerprint density at radius 2 is 1.87 bits per heavy atom. The summed E-state index contributed by atoms with van der Waals surface area (Å²) in [6, 6.07) is 0. The molecule has 0 aliphatic carbocycles. The minimum atomic E-state index is -2.27. The largest absolute Gasteiger partial charge is 0.394 e. The van der Waals surface area contributed by atoms with Gasteiger partial charge in [-0.25, -0.2) is 0 Å². The van der Waals surface area contributed by atoms with Gasteiger partial charge in [0.1, 0.15) is 30.7 Å². The summed E-state index contributed by atoms with van der Waals surface area (Å²) in [5.41, 5.74) is 0. The molecule has 1 rings (SSSR count). The van der Waals surface area contributed by atoms with Crippen LogP contribution in [0.4, 0.5) is 0 Å². The van der Waals surface area contributed by atoms with Crippen LogP contribution in [-0.4, -0.2) is 68.6 Å². The predicted molar refractivity (Wildman–Crippen MR) is 45.6 cm³/mol. The fourth-order valence-electron chi connectivity index (χ4n) is 1.51. The Morgan fingerprint density at radius 1 is 1.27 bits per heavy atom. The number of hydrogen-bond acceptors (Lipinski definition) is 7. The fourth-order valence-corrected chi connectivity index (χ4v) is 1.51. The van der Waals surface area contributed by atoms with Crippen LogP contribution in [0.15, 0.2) is 0 Å². The Bertz CT molecular complexity index is 231. The number of carbonyl (C=O) groups excluding carboxylic acids is 1. The van der Waals surface area contributed by atoms with Gasteiger partial charge >= 0.3 is 0 Å². The van der Waals surface area contributed by atoms with Gasteiger partial charge in [-0.15, -0.1) is 0 Å². The van der Waals surface area contributed by atoms with Crippen molar-refractivity contribution in [3.05, 3.63) is 0 Å². The zero-order valence-electron chi connectivity index (χ0n) is 7.85. The number of aliphatic hydroxyl groups is 5. The second kappa shape index (κ2) is 4.52. The van der Waals surface area contributed by atoms with Crippen LogP contribution in [-0.2, 0) is 9.53 Å². The number of aldehydes is 1. The van der Waals surface area contributed by atoms with Crippen LogP contribution in [0.1, 0.15) is 6.42 Å². The summed E-state index contributed by atoms with van der Waals surface area (Å²) in [6.45, 7) is -0.647. The van der Waals surface area contributed by atoms with Gasteiger partial charge in [0.25, 0.3) is 0 Å². The normalized spacial score (nSPS) is 46.5. The van der Waals surface area contributed by atoms with Gasteiger partial charge in [0.2, 0.25) is 5.79 Å². The van der Waals surface area contributed by atoms with Crippen molar-refractivity contribution in [2.24, 2.45) is 0 Å². The molecule has 0 radical (unpaired) electrons. The standard InChI is InChI=1S/C8H14O7/c9-2-1-8(14)7(13)6(12)5(11)4(3-10)15-8/h2,4-7,10-14H,1,3H2/t4-,5-,6+,7+,8?/m1/s1. The first-order valence-corrected chi connectivity index (χ1v) is 4.45. The summed E-state index contributed by atoms with van der Waals surface area (Å²) in [7, 11) is 0. The van der Waals surface area contributed by atoms with E-state index in [-0.39, 0.29) is 0 Å². The van der Waals surface area contributed by atoms with Gasteiger partial charge in [-0.05, 0) is 0 Å². The molecule has 7 heteroatoms. The van der Waals surface area contributed by atoms with E-state index < -0.39 is 43.2 Å². The third kappa shape index (κ3) is 2.17. The van der Waals surface area contributed by atoms with E-state index in [0.29, 0.717) is 6.29 Å². The van der Waals surface area contributed by atoms with Crippen LogP contribution in [0.25, 0.3) is 0 Å². The highest BCUT2D eigenvalue weighted by atomic mass is 16.7. The van der Waals surface area contributed by atoms with E-state index in [1.807, 2.05) is 0 Å². The van der Waals surface area contributed by atoms with Gasteiger partial charge in [-0.1, -0.05) is 0 Å². The summed E-state index contributed by atoms with van der Waals surface area (Å²) < 4.78 is 4.77. The maximum Gasteiger partial charge on any atom is 0.201 e. The lowest BCUT2D eigenvalue weighted by Gasteiger charge is -2.44. The van der Waals surface area contributed by atoms with Crippen LogP contribution in [0, 0.1) is 0 Å². The molecule has 0 aromatic heterocycles. The second-order valence-electron chi connectivity index (χ2n) is 3.48. The van der Waals surface area contributed by atoms with Crippen LogP contribution < -0.4 is 0 Å². The molecule has 0 saturated carbocycles. The van der Waals surface area contributed by atoms with Crippen molar-refractivity contribution in [3.63, 3.8) is 0 Å². The van der Waals surface area contributed by atoms with Gasteiger partial charge in [0, 0.05) is 0 Å². The summed E-state index contributed by atoms with van der Waals surface area (Å²) in [4.78, 5) is 10.2. The van der Waals surface area contributed by atoms with E-state index in [1.54, 1.807) is 0 Å². The molecular weight excluding hydrogens is 208 g/mol. The minimum Gasteiger partial charge on any atom is -0.394 e. The number of carbonyl (C=O) groups is 1. The van der Waals surface area contributed by atoms with Gasteiger partial charge in [0.15, 0.2) is 0 Å². The monoisotopic (exact) mass is 222 g/mol. The minimum absolute atomic E-state index is 0.308. The highest BCUT2D eigenvalue weighted by molar-refractivity contribution is 5.51. The third-order valence-electron chi connectivity index (χ3n) is 2.43. The molecule has 5 atom stereocenters. The molecule has 1 saturated heterocycles. The first-order valence-electron chi connectivity index (χ1n) is 4.45. The van der Waals surface area contributed by atoms with Gasteiger partial charge in [-0.2, -0.15) is 0 Å². The summed E-state index contributed by atoms with van der Waals surface area (Å²) in [5, 5.41) is 46.5. The van der Waals surface area contributed by atoms with Crippen LogP contribution in [0.2, 0.25) is 0 Å². The van der Waals surface area contributed by atoms with Crippen molar-refractivity contribution < 1.29 is 35.1 Å². The van der Waals surface area contributed by atoms with E-state index in [2.05, 4.69) is 0 Å². The van der Waals surface area contributed by atoms with Crippen molar-refractivity contribution in [3.8, 4) is 0 Å². The van der Waals surface area contributed by atoms with E-state index in [0.717, 1.165) is 0 Å². The number of hydrogen-bond donors (Lipinski definition) is 5. The average molecular weight is 222 g/mol. The molecular formula is C8H14O7. The molecule has 5 N–H and O–H groups in total. The maximum atomic E-state index is 10.2. The fraction of sp³-hybridized carbons (Fsp3) is 0.875. The van der Waals surface area contributed by atoms with Crippen LogP contribution in [0.3, 0.4) is 0 Å². The van der Waals surface area contributed by atoms with E-state index in [4.69, 9.17) is 9.84 Å². The lowest BCUT2D eigenvalue weighted by molar-refractivity contribution is -0.347. The highest BCUT2D eigenvalue weighted by Crippen LogP contribution is 2.29.